The molecule has 1 aromatic carbocycles. The van der Waals surface area contributed by atoms with Crippen molar-refractivity contribution >= 4 is 6.09 Å². The fraction of sp³-hybridized carbons (Fsp3) is 0.375. The summed E-state index contributed by atoms with van der Waals surface area (Å²) in [6.45, 7) is 3.47. The molecule has 2 heterocycles. The zero-order valence-corrected chi connectivity index (χ0v) is 13.3. The summed E-state index contributed by atoms with van der Waals surface area (Å²) in [6, 6.07) is 5.48. The first-order valence-corrected chi connectivity index (χ1v) is 7.42. The lowest BCUT2D eigenvalue weighted by atomic mass is 10.1. The summed E-state index contributed by atoms with van der Waals surface area (Å²) in [5, 5.41) is 2.71. The molecule has 0 saturated carbocycles. The summed E-state index contributed by atoms with van der Waals surface area (Å²) in [4.78, 5) is 22.7. The largest absolute Gasteiger partial charge is 0.519 e. The molecule has 1 aliphatic rings. The first kappa shape index (κ1) is 16.0. The second kappa shape index (κ2) is 6.69. The highest BCUT2D eigenvalue weighted by Gasteiger charge is 2.16. The van der Waals surface area contributed by atoms with Crippen LogP contribution in [0.15, 0.2) is 31.8 Å². The molecule has 0 bridgehead atoms. The van der Waals surface area contributed by atoms with Crippen LogP contribution in [0, 0.1) is 6.92 Å². The molecule has 3 rings (SSSR count). The standard InChI is InChI=1S/C16H17NO7/c1-9(5-11-3-4-12-13(6-11)22-8-21-12)17-15(18)20-7-14-10(2)23-16(19)24-14/h3-4,6,9H,5,7-8H2,1-2H3,(H,17,18)/t9-/m1/s1. The zero-order valence-electron chi connectivity index (χ0n) is 13.3. The summed E-state index contributed by atoms with van der Waals surface area (Å²) in [6.07, 6.45) is -0.00236. The Morgan fingerprint density at radius 1 is 1.29 bits per heavy atom. The zero-order chi connectivity index (χ0) is 17.1. The van der Waals surface area contributed by atoms with Gasteiger partial charge in [0, 0.05) is 6.04 Å². The summed E-state index contributed by atoms with van der Waals surface area (Å²) < 4.78 is 25.0. The van der Waals surface area contributed by atoms with Gasteiger partial charge >= 0.3 is 11.9 Å². The first-order chi connectivity index (χ1) is 11.5. The lowest BCUT2D eigenvalue weighted by Crippen LogP contribution is -2.34. The van der Waals surface area contributed by atoms with Gasteiger partial charge in [0.25, 0.3) is 0 Å². The van der Waals surface area contributed by atoms with E-state index in [1.54, 1.807) is 6.92 Å². The molecule has 1 atom stereocenters. The number of hydrogen-bond donors (Lipinski definition) is 1. The van der Waals surface area contributed by atoms with Gasteiger partial charge in [-0.2, -0.15) is 0 Å². The van der Waals surface area contributed by atoms with E-state index in [1.165, 1.54) is 0 Å². The van der Waals surface area contributed by atoms with Crippen molar-refractivity contribution in [3.63, 3.8) is 0 Å². The highest BCUT2D eigenvalue weighted by molar-refractivity contribution is 5.67. The van der Waals surface area contributed by atoms with Crippen molar-refractivity contribution in [3.8, 4) is 11.5 Å². The fourth-order valence-corrected chi connectivity index (χ4v) is 2.35. The Bertz CT molecular complexity index is 792. The Balaban J connectivity index is 1.49. The highest BCUT2D eigenvalue weighted by atomic mass is 16.7. The number of ether oxygens (including phenoxy) is 3. The van der Waals surface area contributed by atoms with Gasteiger partial charge in [0.2, 0.25) is 6.79 Å². The molecule has 1 N–H and O–H groups in total. The molecule has 1 aromatic heterocycles. The van der Waals surface area contributed by atoms with E-state index in [2.05, 4.69) is 9.73 Å². The van der Waals surface area contributed by atoms with Crippen LogP contribution in [0.25, 0.3) is 0 Å². The smallest absolute Gasteiger partial charge is 0.454 e. The van der Waals surface area contributed by atoms with Gasteiger partial charge in [-0.25, -0.2) is 9.59 Å². The van der Waals surface area contributed by atoms with Crippen LogP contribution in [-0.2, 0) is 17.8 Å². The summed E-state index contributed by atoms with van der Waals surface area (Å²) in [5.41, 5.74) is 1.00. The Labute approximate surface area is 137 Å². The Kier molecular flexibility index (Phi) is 4.45. The summed E-state index contributed by atoms with van der Waals surface area (Å²) >= 11 is 0. The predicted octanol–water partition coefficient (Wildman–Crippen LogP) is 2.13. The second-order valence-corrected chi connectivity index (χ2v) is 5.45. The van der Waals surface area contributed by atoms with Gasteiger partial charge in [-0.1, -0.05) is 6.07 Å². The van der Waals surface area contributed by atoms with Crippen molar-refractivity contribution in [2.75, 3.05) is 6.79 Å². The van der Waals surface area contributed by atoms with Crippen molar-refractivity contribution in [2.45, 2.75) is 32.9 Å². The number of amides is 1. The lowest BCUT2D eigenvalue weighted by molar-refractivity contribution is 0.127. The van der Waals surface area contributed by atoms with Crippen molar-refractivity contribution < 1.29 is 27.8 Å². The monoisotopic (exact) mass is 335 g/mol. The van der Waals surface area contributed by atoms with Gasteiger partial charge < -0.3 is 28.4 Å². The van der Waals surface area contributed by atoms with Crippen molar-refractivity contribution in [1.29, 1.82) is 0 Å². The number of alkyl carbamates (subject to hydrolysis) is 1. The number of rotatable bonds is 5. The quantitative estimate of drug-likeness (QED) is 0.893. The van der Waals surface area contributed by atoms with Gasteiger partial charge in [-0.05, 0) is 38.0 Å². The van der Waals surface area contributed by atoms with E-state index in [0.717, 1.165) is 11.3 Å². The molecule has 0 saturated heterocycles. The molecular formula is C16H17NO7. The van der Waals surface area contributed by atoms with Crippen LogP contribution in [0.5, 0.6) is 11.5 Å². The van der Waals surface area contributed by atoms with Crippen LogP contribution < -0.4 is 20.6 Å². The lowest BCUT2D eigenvalue weighted by Gasteiger charge is -2.14. The van der Waals surface area contributed by atoms with Gasteiger partial charge in [0.15, 0.2) is 29.6 Å². The van der Waals surface area contributed by atoms with E-state index in [4.69, 9.17) is 18.6 Å². The molecule has 1 aliphatic heterocycles. The third-order valence-corrected chi connectivity index (χ3v) is 3.51. The molecule has 1 amide bonds. The summed E-state index contributed by atoms with van der Waals surface area (Å²) in [5.74, 6) is 1.09. The Morgan fingerprint density at radius 3 is 2.83 bits per heavy atom. The third kappa shape index (κ3) is 3.70. The minimum absolute atomic E-state index is 0.157. The van der Waals surface area contributed by atoms with E-state index in [0.29, 0.717) is 17.9 Å². The predicted molar refractivity (Wildman–Crippen MR) is 81.0 cm³/mol. The maximum atomic E-state index is 11.8. The number of hydrogen-bond acceptors (Lipinski definition) is 7. The van der Waals surface area contributed by atoms with E-state index in [1.807, 2.05) is 25.1 Å². The van der Waals surface area contributed by atoms with Gasteiger partial charge in [0.05, 0.1) is 0 Å². The number of benzene rings is 1. The first-order valence-electron chi connectivity index (χ1n) is 7.42. The number of nitrogens with one attached hydrogen (secondary N) is 1. The van der Waals surface area contributed by atoms with Crippen molar-refractivity contribution in [1.82, 2.24) is 5.32 Å². The van der Waals surface area contributed by atoms with Crippen LogP contribution in [0.2, 0.25) is 0 Å². The number of carbonyl (C=O) groups excluding carboxylic acids is 1. The maximum absolute atomic E-state index is 11.8. The van der Waals surface area contributed by atoms with Crippen molar-refractivity contribution in [3.05, 3.63) is 45.9 Å². The van der Waals surface area contributed by atoms with E-state index in [9.17, 15) is 9.59 Å². The molecule has 2 aromatic rings. The number of aryl methyl sites for hydroxylation is 1. The van der Waals surface area contributed by atoms with E-state index >= 15 is 0 Å². The van der Waals surface area contributed by atoms with Gasteiger partial charge in [-0.15, -0.1) is 0 Å². The van der Waals surface area contributed by atoms with Crippen LogP contribution >= 0.6 is 0 Å². The summed E-state index contributed by atoms with van der Waals surface area (Å²) in [7, 11) is 0. The molecule has 128 valence electrons. The second-order valence-electron chi connectivity index (χ2n) is 5.45. The minimum Gasteiger partial charge on any atom is -0.454 e. The molecule has 8 nitrogen and oxygen atoms in total. The minimum atomic E-state index is -0.817. The van der Waals surface area contributed by atoms with Crippen LogP contribution in [0.4, 0.5) is 4.79 Å². The van der Waals surface area contributed by atoms with Gasteiger partial charge in [0.1, 0.15) is 0 Å². The normalized spacial score (nSPS) is 13.6. The molecule has 0 spiro atoms. The molecule has 24 heavy (non-hydrogen) atoms. The molecule has 0 radical (unpaired) electrons. The number of carbonyl (C=O) groups is 1. The van der Waals surface area contributed by atoms with Crippen LogP contribution in [0.3, 0.4) is 0 Å². The molecule has 0 fully saturated rings. The van der Waals surface area contributed by atoms with E-state index in [-0.39, 0.29) is 25.2 Å². The van der Waals surface area contributed by atoms with Crippen molar-refractivity contribution in [2.24, 2.45) is 0 Å². The maximum Gasteiger partial charge on any atom is 0.519 e. The Hall–Kier alpha value is -2.90. The topological polar surface area (TPSA) is 100 Å². The molecule has 8 heteroatoms. The van der Waals surface area contributed by atoms with Crippen LogP contribution in [0.1, 0.15) is 24.0 Å². The number of fused-ring (bicyclic) bond motifs is 1. The SMILES string of the molecule is Cc1oc(=O)oc1COC(=O)N[C@H](C)Cc1ccc2c(c1)OCO2. The Morgan fingerprint density at radius 2 is 2.08 bits per heavy atom. The molecule has 0 aliphatic carbocycles. The van der Waals surface area contributed by atoms with E-state index < -0.39 is 11.9 Å². The average Bonchev–Trinajstić information content (AvgIpc) is 3.10. The molecule has 0 unspecified atom stereocenters. The molecular weight excluding hydrogens is 318 g/mol. The average molecular weight is 335 g/mol. The third-order valence-electron chi connectivity index (χ3n) is 3.51. The van der Waals surface area contributed by atoms with Crippen LogP contribution in [-0.4, -0.2) is 18.9 Å². The fourth-order valence-electron chi connectivity index (χ4n) is 2.35. The highest BCUT2D eigenvalue weighted by Crippen LogP contribution is 2.32. The van der Waals surface area contributed by atoms with Gasteiger partial charge in [-0.3, -0.25) is 0 Å².